The summed E-state index contributed by atoms with van der Waals surface area (Å²) >= 11 is 0. The molecule has 7 nitrogen and oxygen atoms in total. The van der Waals surface area contributed by atoms with Crippen molar-refractivity contribution in [3.05, 3.63) is 71.8 Å². The van der Waals surface area contributed by atoms with Gasteiger partial charge in [-0.2, -0.15) is 0 Å². The van der Waals surface area contributed by atoms with Gasteiger partial charge in [0.1, 0.15) is 0 Å². The molecule has 7 heteroatoms. The number of carbonyl (C=O) groups is 2. The highest BCUT2D eigenvalue weighted by molar-refractivity contribution is 5.88. The van der Waals surface area contributed by atoms with Gasteiger partial charge < -0.3 is 21.1 Å². The molecule has 1 saturated heterocycles. The largest absolute Gasteiger partial charge is 0.361 e. The lowest BCUT2D eigenvalue weighted by Gasteiger charge is -2.25. The van der Waals surface area contributed by atoms with Crippen LogP contribution in [0.25, 0.3) is 0 Å². The normalized spacial score (nSPS) is 20.1. The number of aliphatic hydroxyl groups is 1. The summed E-state index contributed by atoms with van der Waals surface area (Å²) in [6.45, 7) is 0.673. The third kappa shape index (κ3) is 4.34. The third-order valence-corrected chi connectivity index (χ3v) is 3.94. The minimum atomic E-state index is -1.15. The highest BCUT2D eigenvalue weighted by atomic mass is 16.3. The Morgan fingerprint density at radius 2 is 1.64 bits per heavy atom. The Kier molecular flexibility index (Phi) is 5.27. The number of aliphatic hydroxyl groups excluding tert-OH is 1. The van der Waals surface area contributed by atoms with Crippen molar-refractivity contribution in [1.82, 2.24) is 20.9 Å². The first-order valence-electron chi connectivity index (χ1n) is 8.00. The number of nitrogens with one attached hydrogen (secondary N) is 3. The van der Waals surface area contributed by atoms with Gasteiger partial charge in [-0.05, 0) is 11.1 Å². The Morgan fingerprint density at radius 1 is 1.04 bits per heavy atom. The average molecular weight is 340 g/mol. The lowest BCUT2D eigenvalue weighted by atomic mass is 10.2. The van der Waals surface area contributed by atoms with Crippen LogP contribution in [0.3, 0.4) is 0 Å². The summed E-state index contributed by atoms with van der Waals surface area (Å²) < 4.78 is 0. The molecule has 2 unspecified atom stereocenters. The molecule has 130 valence electrons. The quantitative estimate of drug-likeness (QED) is 0.645. The number of nitrogens with zero attached hydrogens (tertiary/aromatic N) is 1. The molecule has 1 fully saturated rings. The first-order chi connectivity index (χ1) is 12.1. The monoisotopic (exact) mass is 340 g/mol. The van der Waals surface area contributed by atoms with E-state index in [9.17, 15) is 14.7 Å². The Balaban J connectivity index is 1.60. The van der Waals surface area contributed by atoms with Gasteiger partial charge >= 0.3 is 6.03 Å². The van der Waals surface area contributed by atoms with E-state index in [1.54, 1.807) is 0 Å². The van der Waals surface area contributed by atoms with Crippen molar-refractivity contribution in [3.8, 4) is 0 Å². The fourth-order valence-electron chi connectivity index (χ4n) is 2.65. The summed E-state index contributed by atoms with van der Waals surface area (Å²) in [6.07, 6.45) is -2.09. The van der Waals surface area contributed by atoms with Crippen molar-refractivity contribution in [1.29, 1.82) is 0 Å². The lowest BCUT2D eigenvalue weighted by molar-refractivity contribution is -0.122. The van der Waals surface area contributed by atoms with E-state index < -0.39 is 24.5 Å². The second-order valence-corrected chi connectivity index (χ2v) is 5.76. The molecule has 3 amide bonds. The van der Waals surface area contributed by atoms with Crippen LogP contribution in [0.2, 0.25) is 0 Å². The number of benzene rings is 2. The van der Waals surface area contributed by atoms with Gasteiger partial charge in [0.25, 0.3) is 5.91 Å². The molecule has 2 aromatic rings. The Morgan fingerprint density at radius 3 is 2.28 bits per heavy atom. The molecule has 0 aromatic heterocycles. The van der Waals surface area contributed by atoms with Gasteiger partial charge in [-0.15, -0.1) is 0 Å². The van der Waals surface area contributed by atoms with Crippen LogP contribution in [-0.4, -0.2) is 34.5 Å². The first kappa shape index (κ1) is 16.9. The lowest BCUT2D eigenvalue weighted by Crippen LogP contribution is -2.52. The van der Waals surface area contributed by atoms with Crippen LogP contribution >= 0.6 is 0 Å². The molecule has 3 rings (SSSR count). The van der Waals surface area contributed by atoms with Crippen molar-refractivity contribution in [3.63, 3.8) is 0 Å². The van der Waals surface area contributed by atoms with Crippen molar-refractivity contribution in [2.45, 2.75) is 25.6 Å². The van der Waals surface area contributed by atoms with Gasteiger partial charge in [-0.1, -0.05) is 60.7 Å². The maximum Gasteiger partial charge on any atom is 0.316 e. The van der Waals surface area contributed by atoms with E-state index in [2.05, 4.69) is 16.0 Å². The van der Waals surface area contributed by atoms with Crippen LogP contribution in [0.5, 0.6) is 0 Å². The second-order valence-electron chi connectivity index (χ2n) is 5.76. The molecule has 2 atom stereocenters. The van der Waals surface area contributed by atoms with Gasteiger partial charge in [0, 0.05) is 13.1 Å². The highest BCUT2D eigenvalue weighted by Crippen LogP contribution is 2.14. The Labute approximate surface area is 145 Å². The maximum absolute atomic E-state index is 12.1. The van der Waals surface area contributed by atoms with Gasteiger partial charge in [0.2, 0.25) is 0 Å². The highest BCUT2D eigenvalue weighted by Gasteiger charge is 2.39. The van der Waals surface area contributed by atoms with Gasteiger partial charge in [0.05, 0.1) is 0 Å². The van der Waals surface area contributed by atoms with Crippen molar-refractivity contribution in [2.24, 2.45) is 0 Å². The van der Waals surface area contributed by atoms with E-state index in [1.165, 1.54) is 4.90 Å². The zero-order chi connectivity index (χ0) is 17.6. The first-order valence-corrected chi connectivity index (χ1v) is 8.00. The van der Waals surface area contributed by atoms with Crippen LogP contribution in [0.15, 0.2) is 60.7 Å². The molecule has 0 bridgehead atoms. The minimum absolute atomic E-state index is 0.324. The van der Waals surface area contributed by atoms with Crippen LogP contribution in [0, 0.1) is 0 Å². The molecule has 2 aromatic carbocycles. The van der Waals surface area contributed by atoms with E-state index in [1.807, 2.05) is 60.7 Å². The predicted molar refractivity (Wildman–Crippen MR) is 91.7 cm³/mol. The molecular formula is C18H20N4O3. The molecule has 0 spiro atoms. The average Bonchev–Trinajstić information content (AvgIpc) is 2.89. The van der Waals surface area contributed by atoms with E-state index in [-0.39, 0.29) is 0 Å². The molecule has 25 heavy (non-hydrogen) atoms. The summed E-state index contributed by atoms with van der Waals surface area (Å²) in [5.41, 5.74) is 1.88. The van der Waals surface area contributed by atoms with Gasteiger partial charge in [-0.3, -0.25) is 4.79 Å². The molecule has 1 heterocycles. The molecule has 1 aliphatic rings. The third-order valence-electron chi connectivity index (χ3n) is 3.94. The molecule has 0 saturated carbocycles. The number of urea groups is 1. The van der Waals surface area contributed by atoms with E-state index in [4.69, 9.17) is 0 Å². The molecule has 0 aliphatic carbocycles. The summed E-state index contributed by atoms with van der Waals surface area (Å²) in [5, 5.41) is 17.8. The number of hydrogen-bond acceptors (Lipinski definition) is 4. The zero-order valence-electron chi connectivity index (χ0n) is 13.6. The van der Waals surface area contributed by atoms with Crippen molar-refractivity contribution in [2.75, 3.05) is 0 Å². The fraction of sp³-hybridized carbons (Fsp3) is 0.222. The van der Waals surface area contributed by atoms with Crippen molar-refractivity contribution >= 4 is 11.9 Å². The molecular weight excluding hydrogens is 320 g/mol. The number of amides is 3. The molecule has 1 aliphatic heterocycles. The molecule has 4 N–H and O–H groups in total. The summed E-state index contributed by atoms with van der Waals surface area (Å²) in [7, 11) is 0. The van der Waals surface area contributed by atoms with E-state index in [0.717, 1.165) is 11.1 Å². The van der Waals surface area contributed by atoms with Crippen LogP contribution < -0.4 is 16.0 Å². The van der Waals surface area contributed by atoms with Gasteiger partial charge in [0.15, 0.2) is 12.5 Å². The van der Waals surface area contributed by atoms with Gasteiger partial charge in [-0.25, -0.2) is 9.69 Å². The summed E-state index contributed by atoms with van der Waals surface area (Å²) in [6, 6.07) is 18.4. The standard InChI is InChI=1S/C18H20N4O3/c23-16-15(20-17(24)19-11-13-7-3-1-4-8-13)22(18(25)21-16)12-14-9-5-2-6-10-14/h1-10,15,18,25H,11-12H2,(H,21,23)(H2,19,20,24). The zero-order valence-corrected chi connectivity index (χ0v) is 13.6. The minimum Gasteiger partial charge on any atom is -0.361 e. The second kappa shape index (κ2) is 7.78. The smallest absolute Gasteiger partial charge is 0.316 e. The maximum atomic E-state index is 12.1. The fourth-order valence-corrected chi connectivity index (χ4v) is 2.65. The van der Waals surface area contributed by atoms with Crippen LogP contribution in [0.1, 0.15) is 11.1 Å². The summed E-state index contributed by atoms with van der Waals surface area (Å²) in [4.78, 5) is 25.6. The number of carbonyl (C=O) groups excluding carboxylic acids is 2. The SMILES string of the molecule is O=C(NCc1ccccc1)NC1C(=O)NC(O)N1Cc1ccccc1. The number of hydrogen-bond donors (Lipinski definition) is 4. The van der Waals surface area contributed by atoms with E-state index in [0.29, 0.717) is 13.1 Å². The van der Waals surface area contributed by atoms with E-state index >= 15 is 0 Å². The summed E-state index contributed by atoms with van der Waals surface area (Å²) in [5.74, 6) is -0.446. The topological polar surface area (TPSA) is 93.7 Å². The van der Waals surface area contributed by atoms with Crippen molar-refractivity contribution < 1.29 is 14.7 Å². The van der Waals surface area contributed by atoms with Crippen LogP contribution in [-0.2, 0) is 17.9 Å². The Bertz CT molecular complexity index is 724. The molecule has 0 radical (unpaired) electrons. The number of rotatable bonds is 5. The predicted octanol–water partition coefficient (Wildman–Crippen LogP) is 0.720. The Hall–Kier alpha value is -2.90. The van der Waals surface area contributed by atoms with Crippen LogP contribution in [0.4, 0.5) is 4.79 Å².